The summed E-state index contributed by atoms with van der Waals surface area (Å²) in [6.45, 7) is 3.60. The van der Waals surface area contributed by atoms with Gasteiger partial charge in [0.15, 0.2) is 0 Å². The highest BCUT2D eigenvalue weighted by Crippen LogP contribution is 2.25. The molecule has 1 N–H and O–H groups in total. The van der Waals surface area contributed by atoms with Gasteiger partial charge in [0, 0.05) is 25.6 Å². The smallest absolute Gasteiger partial charge is 0.243 e. The fourth-order valence-corrected chi connectivity index (χ4v) is 4.78. The van der Waals surface area contributed by atoms with Crippen LogP contribution in [0.2, 0.25) is 0 Å². The van der Waals surface area contributed by atoms with E-state index in [-0.39, 0.29) is 16.7 Å². The number of ether oxygens (including phenoxy) is 1. The highest BCUT2D eigenvalue weighted by molar-refractivity contribution is 7.89. The number of hydrogen-bond donors (Lipinski definition) is 1. The molecule has 7 heteroatoms. The van der Waals surface area contributed by atoms with Gasteiger partial charge in [0.2, 0.25) is 15.9 Å². The molecule has 150 valence electrons. The van der Waals surface area contributed by atoms with Crippen LogP contribution in [0.15, 0.2) is 59.5 Å². The second-order valence-electron chi connectivity index (χ2n) is 6.79. The molecule has 0 aliphatic carbocycles. The number of benzene rings is 2. The minimum Gasteiger partial charge on any atom is -0.494 e. The van der Waals surface area contributed by atoms with E-state index in [1.807, 2.05) is 37.3 Å². The van der Waals surface area contributed by atoms with Gasteiger partial charge >= 0.3 is 0 Å². The molecular weight excluding hydrogens is 376 g/mol. The Hall–Kier alpha value is -2.38. The third-order valence-corrected chi connectivity index (χ3v) is 6.82. The van der Waals surface area contributed by atoms with Crippen LogP contribution in [0.5, 0.6) is 5.75 Å². The Kier molecular flexibility index (Phi) is 6.70. The number of piperidine rings is 1. The van der Waals surface area contributed by atoms with Gasteiger partial charge in [-0.25, -0.2) is 8.42 Å². The zero-order chi connectivity index (χ0) is 20.0. The summed E-state index contributed by atoms with van der Waals surface area (Å²) in [5, 5.41) is 2.95. The van der Waals surface area contributed by atoms with E-state index >= 15 is 0 Å². The molecular formula is C21H26N2O4S. The van der Waals surface area contributed by atoms with Gasteiger partial charge in [-0.1, -0.05) is 30.3 Å². The zero-order valence-corrected chi connectivity index (χ0v) is 16.8. The lowest BCUT2D eigenvalue weighted by molar-refractivity contribution is -0.126. The first-order valence-electron chi connectivity index (χ1n) is 9.55. The van der Waals surface area contributed by atoms with E-state index in [2.05, 4.69) is 5.32 Å². The summed E-state index contributed by atoms with van der Waals surface area (Å²) in [5.74, 6) is 0.479. The molecule has 1 aliphatic rings. The number of carbonyl (C=O) groups excluding carboxylic acids is 1. The number of nitrogens with zero attached hydrogens (tertiary/aromatic N) is 1. The highest BCUT2D eigenvalue weighted by atomic mass is 32.2. The normalized spacial score (nSPS) is 15.9. The summed E-state index contributed by atoms with van der Waals surface area (Å²) < 4.78 is 32.5. The maximum Gasteiger partial charge on any atom is 0.243 e. The third kappa shape index (κ3) is 4.91. The van der Waals surface area contributed by atoms with Crippen LogP contribution < -0.4 is 10.1 Å². The average Bonchev–Trinajstić information content (AvgIpc) is 2.73. The minimum atomic E-state index is -3.55. The summed E-state index contributed by atoms with van der Waals surface area (Å²) in [4.78, 5) is 12.7. The number of rotatable bonds is 7. The maximum absolute atomic E-state index is 12.8. The summed E-state index contributed by atoms with van der Waals surface area (Å²) in [6.07, 6.45) is 1.05. The molecule has 2 aromatic rings. The Morgan fingerprint density at radius 2 is 1.71 bits per heavy atom. The monoisotopic (exact) mass is 402 g/mol. The predicted molar refractivity (Wildman–Crippen MR) is 107 cm³/mol. The lowest BCUT2D eigenvalue weighted by atomic mass is 9.97. The summed E-state index contributed by atoms with van der Waals surface area (Å²) in [5.41, 5.74) is 1.05. The van der Waals surface area contributed by atoms with Crippen LogP contribution in [-0.4, -0.2) is 38.3 Å². The van der Waals surface area contributed by atoms with Crippen LogP contribution in [0.1, 0.15) is 25.3 Å². The number of sulfonamides is 1. The Labute approximate surface area is 166 Å². The molecule has 0 spiro atoms. The molecule has 0 aromatic heterocycles. The summed E-state index contributed by atoms with van der Waals surface area (Å²) >= 11 is 0. The van der Waals surface area contributed by atoms with E-state index in [1.165, 1.54) is 4.31 Å². The number of amides is 1. The SMILES string of the molecule is CCOc1ccc(S(=O)(=O)N2CCC(C(=O)NCc3ccccc3)CC2)cc1. The predicted octanol–water partition coefficient (Wildman–Crippen LogP) is 2.80. The topological polar surface area (TPSA) is 75.7 Å². The van der Waals surface area contributed by atoms with Crippen molar-refractivity contribution in [1.29, 1.82) is 0 Å². The molecule has 2 aromatic carbocycles. The molecule has 0 saturated carbocycles. The first kappa shape index (κ1) is 20.4. The van der Waals surface area contributed by atoms with Gasteiger partial charge in [-0.15, -0.1) is 0 Å². The van der Waals surface area contributed by atoms with Crippen molar-refractivity contribution >= 4 is 15.9 Å². The first-order chi connectivity index (χ1) is 13.5. The fourth-order valence-electron chi connectivity index (χ4n) is 3.31. The van der Waals surface area contributed by atoms with Crippen molar-refractivity contribution in [3.05, 3.63) is 60.2 Å². The van der Waals surface area contributed by atoms with Gasteiger partial charge < -0.3 is 10.1 Å². The van der Waals surface area contributed by atoms with E-state index < -0.39 is 10.0 Å². The van der Waals surface area contributed by atoms with Crippen molar-refractivity contribution in [2.45, 2.75) is 31.2 Å². The molecule has 28 heavy (non-hydrogen) atoms. The average molecular weight is 403 g/mol. The van der Waals surface area contributed by atoms with E-state index in [4.69, 9.17) is 4.74 Å². The van der Waals surface area contributed by atoms with Crippen molar-refractivity contribution in [3.8, 4) is 5.75 Å². The molecule has 3 rings (SSSR count). The van der Waals surface area contributed by atoms with Gasteiger partial charge in [0.1, 0.15) is 5.75 Å². The number of carbonyl (C=O) groups is 1. The van der Waals surface area contributed by atoms with Gasteiger partial charge in [0.25, 0.3) is 0 Å². The molecule has 1 aliphatic heterocycles. The molecule has 0 unspecified atom stereocenters. The van der Waals surface area contributed by atoms with Crippen LogP contribution in [0, 0.1) is 5.92 Å². The molecule has 0 atom stereocenters. The van der Waals surface area contributed by atoms with E-state index in [0.717, 1.165) is 5.56 Å². The van der Waals surface area contributed by atoms with E-state index in [0.29, 0.717) is 44.8 Å². The van der Waals surface area contributed by atoms with Crippen molar-refractivity contribution in [2.24, 2.45) is 5.92 Å². The van der Waals surface area contributed by atoms with E-state index in [1.54, 1.807) is 24.3 Å². The molecule has 0 radical (unpaired) electrons. The molecule has 0 bridgehead atoms. The van der Waals surface area contributed by atoms with Crippen molar-refractivity contribution in [2.75, 3.05) is 19.7 Å². The molecule has 1 saturated heterocycles. The van der Waals surface area contributed by atoms with Crippen LogP contribution in [0.25, 0.3) is 0 Å². The summed E-state index contributed by atoms with van der Waals surface area (Å²) in [6, 6.07) is 16.2. The van der Waals surface area contributed by atoms with Crippen molar-refractivity contribution in [1.82, 2.24) is 9.62 Å². The van der Waals surface area contributed by atoms with Crippen LogP contribution in [-0.2, 0) is 21.4 Å². The second kappa shape index (κ2) is 9.21. The minimum absolute atomic E-state index is 0.0121. The molecule has 1 fully saturated rings. The molecule has 1 amide bonds. The van der Waals surface area contributed by atoms with Crippen molar-refractivity contribution in [3.63, 3.8) is 0 Å². The maximum atomic E-state index is 12.8. The van der Waals surface area contributed by atoms with Crippen LogP contribution in [0.3, 0.4) is 0 Å². The largest absolute Gasteiger partial charge is 0.494 e. The quantitative estimate of drug-likeness (QED) is 0.773. The van der Waals surface area contributed by atoms with Crippen LogP contribution >= 0.6 is 0 Å². The summed E-state index contributed by atoms with van der Waals surface area (Å²) in [7, 11) is -3.55. The van der Waals surface area contributed by atoms with Gasteiger partial charge in [-0.3, -0.25) is 4.79 Å². The van der Waals surface area contributed by atoms with Gasteiger partial charge in [-0.2, -0.15) is 4.31 Å². The standard InChI is InChI=1S/C21H26N2O4S/c1-2-27-19-8-10-20(11-9-19)28(25,26)23-14-12-18(13-15-23)21(24)22-16-17-6-4-3-5-7-17/h3-11,18H,2,12-16H2,1H3,(H,22,24). The van der Waals surface area contributed by atoms with Crippen molar-refractivity contribution < 1.29 is 17.9 Å². The first-order valence-corrected chi connectivity index (χ1v) is 11.0. The highest BCUT2D eigenvalue weighted by Gasteiger charge is 2.32. The Morgan fingerprint density at radius 1 is 1.07 bits per heavy atom. The molecule has 1 heterocycles. The Bertz CT molecular complexity index is 874. The lowest BCUT2D eigenvalue weighted by Gasteiger charge is -2.30. The Morgan fingerprint density at radius 3 is 2.32 bits per heavy atom. The fraction of sp³-hybridized carbons (Fsp3) is 0.381. The Balaban J connectivity index is 1.54. The number of hydrogen-bond acceptors (Lipinski definition) is 4. The number of nitrogens with one attached hydrogen (secondary N) is 1. The lowest BCUT2D eigenvalue weighted by Crippen LogP contribution is -2.42. The zero-order valence-electron chi connectivity index (χ0n) is 16.0. The third-order valence-electron chi connectivity index (χ3n) is 4.91. The van der Waals surface area contributed by atoms with Gasteiger partial charge in [-0.05, 0) is 49.6 Å². The van der Waals surface area contributed by atoms with E-state index in [9.17, 15) is 13.2 Å². The van der Waals surface area contributed by atoms with Gasteiger partial charge in [0.05, 0.1) is 11.5 Å². The molecule has 6 nitrogen and oxygen atoms in total. The second-order valence-corrected chi connectivity index (χ2v) is 8.72. The van der Waals surface area contributed by atoms with Crippen LogP contribution in [0.4, 0.5) is 0 Å².